The summed E-state index contributed by atoms with van der Waals surface area (Å²) in [5.74, 6) is -0.445. The molecule has 1 heterocycles. The third-order valence-electron chi connectivity index (χ3n) is 2.93. The first kappa shape index (κ1) is 13.0. The summed E-state index contributed by atoms with van der Waals surface area (Å²) in [5, 5.41) is 3.29. The van der Waals surface area contributed by atoms with Crippen molar-refractivity contribution in [3.05, 3.63) is 35.6 Å². The van der Waals surface area contributed by atoms with Crippen LogP contribution in [0.1, 0.15) is 10.4 Å². The van der Waals surface area contributed by atoms with Crippen molar-refractivity contribution in [1.29, 1.82) is 0 Å². The highest BCUT2D eigenvalue weighted by Crippen LogP contribution is 2.07. The largest absolute Gasteiger partial charge is 0.378 e. The molecule has 1 fully saturated rings. The lowest BCUT2D eigenvalue weighted by Crippen LogP contribution is -2.48. The summed E-state index contributed by atoms with van der Waals surface area (Å²) < 4.78 is 18.1. The van der Waals surface area contributed by atoms with Crippen molar-refractivity contribution in [2.45, 2.75) is 6.04 Å². The number of morpholine rings is 1. The number of ether oxygens (including phenoxy) is 1. The van der Waals surface area contributed by atoms with Crippen molar-refractivity contribution >= 4 is 5.91 Å². The third-order valence-corrected chi connectivity index (χ3v) is 2.93. The fraction of sp³-hybridized carbons (Fsp3) is 0.462. The lowest BCUT2D eigenvalue weighted by atomic mass is 10.2. The van der Waals surface area contributed by atoms with E-state index in [1.54, 1.807) is 11.9 Å². The number of hydrogen-bond acceptors (Lipinski definition) is 3. The molecule has 1 N–H and O–H groups in total. The molecule has 1 amide bonds. The zero-order valence-electron chi connectivity index (χ0n) is 10.4. The van der Waals surface area contributed by atoms with Gasteiger partial charge in [0, 0.05) is 31.7 Å². The molecule has 1 aliphatic rings. The molecule has 2 rings (SSSR count). The van der Waals surface area contributed by atoms with Crippen molar-refractivity contribution in [3.63, 3.8) is 0 Å². The van der Waals surface area contributed by atoms with Crippen LogP contribution in [0.15, 0.2) is 24.3 Å². The number of carbonyl (C=O) groups excluding carboxylic acids is 1. The molecule has 0 radical (unpaired) electrons. The van der Waals surface area contributed by atoms with Crippen LogP contribution in [-0.4, -0.2) is 50.2 Å². The minimum absolute atomic E-state index is 0.109. The third kappa shape index (κ3) is 3.27. The maximum Gasteiger partial charge on any atom is 0.253 e. The van der Waals surface area contributed by atoms with Crippen LogP contribution in [0.5, 0.6) is 0 Å². The fourth-order valence-corrected chi connectivity index (χ4v) is 1.96. The second kappa shape index (κ2) is 5.93. The van der Waals surface area contributed by atoms with Gasteiger partial charge in [0.1, 0.15) is 5.82 Å². The molecule has 0 bridgehead atoms. The molecule has 0 aliphatic carbocycles. The fourth-order valence-electron chi connectivity index (χ4n) is 1.96. The molecule has 4 nitrogen and oxygen atoms in total. The van der Waals surface area contributed by atoms with E-state index < -0.39 is 0 Å². The summed E-state index contributed by atoms with van der Waals surface area (Å²) in [4.78, 5) is 13.7. The average Bonchev–Trinajstić information content (AvgIpc) is 2.40. The van der Waals surface area contributed by atoms with Crippen molar-refractivity contribution in [3.8, 4) is 0 Å². The lowest BCUT2D eigenvalue weighted by molar-refractivity contribution is 0.0565. The van der Waals surface area contributed by atoms with Crippen LogP contribution in [0.3, 0.4) is 0 Å². The van der Waals surface area contributed by atoms with Gasteiger partial charge in [0.05, 0.1) is 13.2 Å². The van der Waals surface area contributed by atoms with E-state index >= 15 is 0 Å². The molecule has 1 unspecified atom stereocenters. The molecule has 18 heavy (non-hydrogen) atoms. The van der Waals surface area contributed by atoms with Crippen molar-refractivity contribution in [1.82, 2.24) is 10.2 Å². The predicted molar refractivity (Wildman–Crippen MR) is 66.0 cm³/mol. The van der Waals surface area contributed by atoms with Gasteiger partial charge in [0.15, 0.2) is 0 Å². The molecule has 0 saturated carbocycles. The Bertz CT molecular complexity index is 402. The topological polar surface area (TPSA) is 41.6 Å². The lowest BCUT2D eigenvalue weighted by Gasteiger charge is -2.28. The van der Waals surface area contributed by atoms with Crippen LogP contribution >= 0.6 is 0 Å². The van der Waals surface area contributed by atoms with Crippen LogP contribution < -0.4 is 5.32 Å². The maximum atomic E-state index is 12.8. The summed E-state index contributed by atoms with van der Waals surface area (Å²) in [6.07, 6.45) is 0. The Labute approximate surface area is 106 Å². The number of benzene rings is 1. The highest BCUT2D eigenvalue weighted by molar-refractivity contribution is 5.94. The molecule has 0 aromatic heterocycles. The number of amides is 1. The van der Waals surface area contributed by atoms with Crippen molar-refractivity contribution in [2.75, 3.05) is 33.4 Å². The molecule has 1 aromatic carbocycles. The van der Waals surface area contributed by atoms with Gasteiger partial charge in [-0.15, -0.1) is 0 Å². The molecule has 0 spiro atoms. The molecule has 1 atom stereocenters. The van der Waals surface area contributed by atoms with E-state index in [0.717, 1.165) is 6.54 Å². The molecular formula is C13H17FN2O2. The monoisotopic (exact) mass is 252 g/mol. The smallest absolute Gasteiger partial charge is 0.253 e. The Kier molecular flexibility index (Phi) is 4.28. The van der Waals surface area contributed by atoms with E-state index in [0.29, 0.717) is 25.3 Å². The first-order valence-electron chi connectivity index (χ1n) is 5.99. The zero-order chi connectivity index (χ0) is 13.0. The molecule has 1 saturated heterocycles. The minimum Gasteiger partial charge on any atom is -0.378 e. The first-order valence-corrected chi connectivity index (χ1v) is 5.99. The number of nitrogens with one attached hydrogen (secondary N) is 1. The van der Waals surface area contributed by atoms with Gasteiger partial charge < -0.3 is 15.0 Å². The van der Waals surface area contributed by atoms with Gasteiger partial charge in [-0.05, 0) is 24.3 Å². The number of likely N-dealkylation sites (N-methyl/N-ethyl adjacent to an activating group) is 1. The van der Waals surface area contributed by atoms with E-state index in [1.807, 2.05) is 0 Å². The van der Waals surface area contributed by atoms with Crippen molar-refractivity contribution < 1.29 is 13.9 Å². The molecule has 1 aromatic rings. The Morgan fingerprint density at radius 3 is 2.83 bits per heavy atom. The van der Waals surface area contributed by atoms with Gasteiger partial charge in [-0.1, -0.05) is 0 Å². The maximum absolute atomic E-state index is 12.8. The number of nitrogens with zero attached hydrogens (tertiary/aromatic N) is 1. The predicted octanol–water partition coefficient (Wildman–Crippen LogP) is 0.886. The Morgan fingerprint density at radius 2 is 2.22 bits per heavy atom. The summed E-state index contributed by atoms with van der Waals surface area (Å²) in [7, 11) is 1.74. The van der Waals surface area contributed by atoms with Crippen LogP contribution in [0.4, 0.5) is 4.39 Å². The number of halogens is 1. The Balaban J connectivity index is 1.93. The Hall–Kier alpha value is -1.46. The summed E-state index contributed by atoms with van der Waals surface area (Å²) in [5.41, 5.74) is 0.496. The highest BCUT2D eigenvalue weighted by Gasteiger charge is 2.18. The van der Waals surface area contributed by atoms with E-state index in [9.17, 15) is 9.18 Å². The molecule has 5 heteroatoms. The standard InChI is InChI=1S/C13H17FN2O2/c1-16(8-12-9-18-7-6-15-12)13(17)10-2-4-11(14)5-3-10/h2-5,12,15H,6-9H2,1H3. The van der Waals surface area contributed by atoms with Crippen LogP contribution in [0, 0.1) is 5.82 Å². The highest BCUT2D eigenvalue weighted by atomic mass is 19.1. The SMILES string of the molecule is CN(CC1COCCN1)C(=O)c1ccc(F)cc1. The average molecular weight is 252 g/mol. The summed E-state index contributed by atoms with van der Waals surface area (Å²) in [6, 6.07) is 5.75. The van der Waals surface area contributed by atoms with E-state index in [4.69, 9.17) is 4.74 Å². The van der Waals surface area contributed by atoms with Crippen LogP contribution in [0.25, 0.3) is 0 Å². The van der Waals surface area contributed by atoms with E-state index in [2.05, 4.69) is 5.32 Å². The Morgan fingerprint density at radius 1 is 1.50 bits per heavy atom. The van der Waals surface area contributed by atoms with E-state index in [1.165, 1.54) is 24.3 Å². The second-order valence-electron chi connectivity index (χ2n) is 4.42. The number of rotatable bonds is 3. The van der Waals surface area contributed by atoms with Gasteiger partial charge in [0.25, 0.3) is 5.91 Å². The zero-order valence-corrected chi connectivity index (χ0v) is 10.4. The van der Waals surface area contributed by atoms with Crippen LogP contribution in [-0.2, 0) is 4.74 Å². The van der Waals surface area contributed by atoms with Crippen molar-refractivity contribution in [2.24, 2.45) is 0 Å². The normalized spacial score (nSPS) is 19.6. The number of hydrogen-bond donors (Lipinski definition) is 1. The molecule has 1 aliphatic heterocycles. The van der Waals surface area contributed by atoms with Crippen LogP contribution in [0.2, 0.25) is 0 Å². The van der Waals surface area contributed by atoms with Gasteiger partial charge >= 0.3 is 0 Å². The van der Waals surface area contributed by atoms with Gasteiger partial charge in [-0.25, -0.2) is 4.39 Å². The summed E-state index contributed by atoms with van der Waals surface area (Å²) >= 11 is 0. The molecular weight excluding hydrogens is 235 g/mol. The van der Waals surface area contributed by atoms with Gasteiger partial charge in [-0.3, -0.25) is 4.79 Å². The second-order valence-corrected chi connectivity index (χ2v) is 4.42. The minimum atomic E-state index is -0.337. The number of carbonyl (C=O) groups is 1. The van der Waals surface area contributed by atoms with E-state index in [-0.39, 0.29) is 17.8 Å². The summed E-state index contributed by atoms with van der Waals surface area (Å²) in [6.45, 7) is 2.71. The quantitative estimate of drug-likeness (QED) is 0.868. The van der Waals surface area contributed by atoms with Gasteiger partial charge in [-0.2, -0.15) is 0 Å². The first-order chi connectivity index (χ1) is 8.66. The van der Waals surface area contributed by atoms with Gasteiger partial charge in [0.2, 0.25) is 0 Å². The molecule has 98 valence electrons.